The highest BCUT2D eigenvalue weighted by Crippen LogP contribution is 2.57. The van der Waals surface area contributed by atoms with E-state index in [0.29, 0.717) is 5.56 Å². The molecule has 6 atom stereocenters. The predicted octanol–water partition coefficient (Wildman–Crippen LogP) is 2.62. The number of halogens is 3. The number of nitrogens with zero attached hydrogens (tertiary/aromatic N) is 1. The number of alkyl halides is 1. The molecule has 1 aromatic carbocycles. The summed E-state index contributed by atoms with van der Waals surface area (Å²) < 4.78 is 63.7. The van der Waals surface area contributed by atoms with Crippen molar-refractivity contribution < 1.29 is 36.8 Å². The van der Waals surface area contributed by atoms with E-state index in [9.17, 15) is 23.7 Å². The Kier molecular flexibility index (Phi) is 6.62. The summed E-state index contributed by atoms with van der Waals surface area (Å²) in [6.07, 6.45) is -4.15. The lowest BCUT2D eigenvalue weighted by molar-refractivity contribution is -0.0654. The summed E-state index contributed by atoms with van der Waals surface area (Å²) in [5.41, 5.74) is -3.61. The molecule has 3 heterocycles. The van der Waals surface area contributed by atoms with Crippen molar-refractivity contribution in [3.8, 4) is 0 Å². The third-order valence-corrected chi connectivity index (χ3v) is 7.19. The van der Waals surface area contributed by atoms with Crippen molar-refractivity contribution in [2.24, 2.45) is 0 Å². The van der Waals surface area contributed by atoms with Crippen LogP contribution in [0.3, 0.4) is 0 Å². The average molecular weight is 509 g/mol. The Balaban J connectivity index is 1.46. The Bertz CT molecular complexity index is 1200. The molecule has 14 heteroatoms. The van der Waals surface area contributed by atoms with Gasteiger partial charge < -0.3 is 9.84 Å². The zero-order valence-corrected chi connectivity index (χ0v) is 18.8. The van der Waals surface area contributed by atoms with Crippen LogP contribution in [0.5, 0.6) is 0 Å². The molecule has 2 aliphatic rings. The van der Waals surface area contributed by atoms with Crippen LogP contribution in [0.4, 0.5) is 8.78 Å². The Hall–Kier alpha value is -1.92. The number of rotatable bonds is 5. The summed E-state index contributed by atoms with van der Waals surface area (Å²) in [6, 6.07) is 4.90. The van der Waals surface area contributed by atoms with E-state index in [2.05, 4.69) is 0 Å². The number of aromatic nitrogens is 2. The molecular formula is C19H20ClF2N2O8P. The smallest absolute Gasteiger partial charge is 0.387 e. The number of benzene rings is 1. The molecule has 33 heavy (non-hydrogen) atoms. The normalized spacial score (nSPS) is 34.5. The lowest BCUT2D eigenvalue weighted by Gasteiger charge is -2.30. The first-order chi connectivity index (χ1) is 15.5. The highest BCUT2D eigenvalue weighted by atomic mass is 35.5. The molecule has 0 amide bonds. The van der Waals surface area contributed by atoms with Crippen LogP contribution in [-0.2, 0) is 22.9 Å². The summed E-state index contributed by atoms with van der Waals surface area (Å²) in [4.78, 5) is 25.3. The Morgan fingerprint density at radius 3 is 2.85 bits per heavy atom. The van der Waals surface area contributed by atoms with Crippen molar-refractivity contribution in [3.05, 3.63) is 67.7 Å². The molecule has 180 valence electrons. The van der Waals surface area contributed by atoms with E-state index in [1.165, 1.54) is 12.1 Å². The standard InChI is InChI=1S/C19H20ClF2N2O8P/c1-19(22)16(26)14(31-17(19)24-6-4-15(25)23-18(24)27)9-30-33(28)29-7-5-13(32-33)10-2-3-12(21)11(20)8-10/h2-4,6,8,13-14,16-17,26H,5,7,9H2,1H3,(H,23,25,27)/t13-,14-,16-,17-,19-,33+/m1/s1. The molecule has 1 aromatic heterocycles. The van der Waals surface area contributed by atoms with Gasteiger partial charge in [-0.25, -0.2) is 18.1 Å². The molecule has 10 nitrogen and oxygen atoms in total. The average Bonchev–Trinajstić information content (AvgIpc) is 2.98. The van der Waals surface area contributed by atoms with Gasteiger partial charge in [0.1, 0.15) is 18.0 Å². The molecule has 2 aromatic rings. The van der Waals surface area contributed by atoms with Crippen molar-refractivity contribution in [2.75, 3.05) is 13.2 Å². The van der Waals surface area contributed by atoms with E-state index in [0.717, 1.165) is 29.8 Å². The number of phosphoric acid groups is 1. The maximum absolute atomic E-state index is 15.2. The van der Waals surface area contributed by atoms with Crippen molar-refractivity contribution in [1.29, 1.82) is 0 Å². The fourth-order valence-electron chi connectivity index (χ4n) is 3.65. The number of aliphatic hydroxyl groups excluding tert-OH is 1. The number of aromatic amines is 1. The van der Waals surface area contributed by atoms with E-state index >= 15 is 4.39 Å². The second-order valence-electron chi connectivity index (χ2n) is 7.77. The number of phosphoric ester groups is 1. The summed E-state index contributed by atoms with van der Waals surface area (Å²) >= 11 is 5.79. The van der Waals surface area contributed by atoms with E-state index in [1.807, 2.05) is 4.98 Å². The molecule has 0 unspecified atom stereocenters. The van der Waals surface area contributed by atoms with Crippen LogP contribution in [0.1, 0.15) is 31.2 Å². The highest BCUT2D eigenvalue weighted by molar-refractivity contribution is 7.48. The maximum Gasteiger partial charge on any atom is 0.475 e. The van der Waals surface area contributed by atoms with Crippen LogP contribution in [0.15, 0.2) is 40.1 Å². The summed E-state index contributed by atoms with van der Waals surface area (Å²) in [7, 11) is -4.16. The highest BCUT2D eigenvalue weighted by Gasteiger charge is 2.56. The molecule has 0 radical (unpaired) electrons. The minimum absolute atomic E-state index is 0.0127. The van der Waals surface area contributed by atoms with Crippen LogP contribution in [0.25, 0.3) is 0 Å². The summed E-state index contributed by atoms with van der Waals surface area (Å²) in [6.45, 7) is 0.411. The van der Waals surface area contributed by atoms with Crippen molar-refractivity contribution in [3.63, 3.8) is 0 Å². The monoisotopic (exact) mass is 508 g/mol. The van der Waals surface area contributed by atoms with E-state index in [1.54, 1.807) is 0 Å². The van der Waals surface area contributed by atoms with E-state index in [-0.39, 0.29) is 18.1 Å². The fourth-order valence-corrected chi connectivity index (χ4v) is 5.23. The van der Waals surface area contributed by atoms with Gasteiger partial charge in [-0.05, 0) is 24.6 Å². The molecule has 2 aliphatic heterocycles. The SMILES string of the molecule is C[C@@]1(F)[C@H](O)[C@@H](CO[P@]2(=O)OCC[C@H](c3ccc(F)c(Cl)c3)O2)O[C@H]1n1ccc(=O)[nH]c1=O. The van der Waals surface area contributed by atoms with Gasteiger partial charge in [-0.15, -0.1) is 0 Å². The van der Waals surface area contributed by atoms with E-state index < -0.39 is 61.7 Å². The van der Waals surface area contributed by atoms with Crippen molar-refractivity contribution >= 4 is 19.4 Å². The summed E-state index contributed by atoms with van der Waals surface area (Å²) in [5, 5.41) is 10.3. The van der Waals surface area contributed by atoms with Crippen LogP contribution < -0.4 is 11.2 Å². The van der Waals surface area contributed by atoms with Crippen LogP contribution in [0.2, 0.25) is 5.02 Å². The van der Waals surface area contributed by atoms with Gasteiger partial charge in [-0.3, -0.25) is 27.9 Å². The number of ether oxygens (including phenoxy) is 1. The first-order valence-electron chi connectivity index (χ1n) is 9.86. The van der Waals surface area contributed by atoms with Gasteiger partial charge in [-0.1, -0.05) is 17.7 Å². The largest absolute Gasteiger partial charge is 0.475 e. The third-order valence-electron chi connectivity index (χ3n) is 5.42. The van der Waals surface area contributed by atoms with E-state index in [4.69, 9.17) is 29.9 Å². The van der Waals surface area contributed by atoms with Gasteiger partial charge in [0.15, 0.2) is 11.9 Å². The van der Waals surface area contributed by atoms with Gasteiger partial charge >= 0.3 is 13.5 Å². The second-order valence-corrected chi connectivity index (χ2v) is 9.80. The van der Waals surface area contributed by atoms with Gasteiger partial charge in [0.25, 0.3) is 5.56 Å². The van der Waals surface area contributed by atoms with Crippen molar-refractivity contribution in [2.45, 2.75) is 43.6 Å². The molecule has 2 N–H and O–H groups in total. The van der Waals surface area contributed by atoms with Gasteiger partial charge in [0, 0.05) is 18.7 Å². The molecule has 4 rings (SSSR count). The molecule has 0 spiro atoms. The minimum atomic E-state index is -4.16. The fraction of sp³-hybridized carbons (Fsp3) is 0.474. The summed E-state index contributed by atoms with van der Waals surface area (Å²) in [5.74, 6) is -0.621. The van der Waals surface area contributed by atoms with Gasteiger partial charge in [-0.2, -0.15) is 0 Å². The number of H-pyrrole nitrogens is 1. The van der Waals surface area contributed by atoms with Crippen LogP contribution in [-0.4, -0.2) is 45.7 Å². The molecule has 2 fully saturated rings. The van der Waals surface area contributed by atoms with Gasteiger partial charge in [0.2, 0.25) is 0 Å². The predicted molar refractivity (Wildman–Crippen MR) is 110 cm³/mol. The third kappa shape index (κ3) is 4.83. The molecule has 2 saturated heterocycles. The zero-order valence-electron chi connectivity index (χ0n) is 17.2. The topological polar surface area (TPSA) is 129 Å². The Labute approximate surface area is 190 Å². The first kappa shape index (κ1) is 24.2. The zero-order chi connectivity index (χ0) is 24.0. The molecule has 0 aliphatic carbocycles. The molecular weight excluding hydrogens is 489 g/mol. The number of hydrogen-bond donors (Lipinski definition) is 2. The number of aliphatic hydroxyl groups is 1. The van der Waals surface area contributed by atoms with Crippen molar-refractivity contribution in [1.82, 2.24) is 9.55 Å². The maximum atomic E-state index is 15.2. The molecule has 0 bridgehead atoms. The Morgan fingerprint density at radius 1 is 1.39 bits per heavy atom. The lowest BCUT2D eigenvalue weighted by atomic mass is 9.98. The molecule has 0 saturated carbocycles. The van der Waals surface area contributed by atoms with Crippen LogP contribution >= 0.6 is 19.4 Å². The number of nitrogens with one attached hydrogen (secondary N) is 1. The van der Waals surface area contributed by atoms with Gasteiger partial charge in [0.05, 0.1) is 24.3 Å². The first-order valence-corrected chi connectivity index (χ1v) is 11.7. The Morgan fingerprint density at radius 2 is 2.15 bits per heavy atom. The number of hydrogen-bond acceptors (Lipinski definition) is 8. The second kappa shape index (κ2) is 9.03. The minimum Gasteiger partial charge on any atom is -0.387 e. The quantitative estimate of drug-likeness (QED) is 0.590. The van der Waals surface area contributed by atoms with Crippen LogP contribution in [0, 0.1) is 5.82 Å². The lowest BCUT2D eigenvalue weighted by Crippen LogP contribution is -2.43.